The van der Waals surface area contributed by atoms with Gasteiger partial charge in [0.2, 0.25) is 0 Å². The Hall–Kier alpha value is -3.78. The normalized spacial score (nSPS) is 14.8. The molecule has 0 spiro atoms. The summed E-state index contributed by atoms with van der Waals surface area (Å²) in [6.07, 6.45) is 1.76. The van der Waals surface area contributed by atoms with Crippen LogP contribution in [0.5, 0.6) is 11.5 Å². The number of para-hydroxylation sites is 2. The van der Waals surface area contributed by atoms with Crippen LogP contribution < -0.4 is 10.3 Å². The molecule has 0 saturated heterocycles. The molecule has 1 aromatic heterocycles. The Labute approximate surface area is 190 Å². The lowest BCUT2D eigenvalue weighted by atomic mass is 9.86. The molecule has 5 rings (SSSR count). The molecule has 1 aliphatic rings. The van der Waals surface area contributed by atoms with Crippen LogP contribution in [-0.2, 0) is 10.0 Å². The summed E-state index contributed by atoms with van der Waals surface area (Å²) in [5, 5.41) is 21.4. The summed E-state index contributed by atoms with van der Waals surface area (Å²) in [4.78, 5) is 12.6. The molecular formula is C25H21NO6S. The minimum absolute atomic E-state index is 0.112. The Bertz CT molecular complexity index is 1520. The fourth-order valence-corrected chi connectivity index (χ4v) is 5.36. The average molecular weight is 464 g/mol. The Kier molecular flexibility index (Phi) is 5.09. The fraction of sp³-hybridized carbons (Fsp3) is 0.160. The first-order valence-electron chi connectivity index (χ1n) is 10.5. The smallest absolute Gasteiger partial charge is 0.343 e. The highest BCUT2D eigenvalue weighted by Gasteiger charge is 2.38. The predicted molar refractivity (Wildman–Crippen MR) is 124 cm³/mol. The SMILES string of the molecule is O=c1oc2ccccc2c(O)c1C(c1cccc(NS(=O)(=O)c2ccccc2O)c1)C1CC1. The van der Waals surface area contributed by atoms with E-state index in [1.165, 1.54) is 24.3 Å². The zero-order valence-electron chi connectivity index (χ0n) is 17.4. The Morgan fingerprint density at radius 2 is 1.67 bits per heavy atom. The third-order valence-electron chi connectivity index (χ3n) is 5.88. The lowest BCUT2D eigenvalue weighted by Gasteiger charge is -2.19. The molecule has 1 atom stereocenters. The third kappa shape index (κ3) is 3.93. The number of phenols is 1. The molecule has 1 unspecified atom stereocenters. The number of phenolic OH excluding ortho intramolecular Hbond substituents is 1. The third-order valence-corrected chi connectivity index (χ3v) is 7.31. The monoisotopic (exact) mass is 463 g/mol. The van der Waals surface area contributed by atoms with Crippen molar-refractivity contribution in [2.24, 2.45) is 5.92 Å². The molecule has 1 heterocycles. The van der Waals surface area contributed by atoms with Crippen molar-refractivity contribution in [1.82, 2.24) is 0 Å². The van der Waals surface area contributed by atoms with E-state index in [9.17, 15) is 23.4 Å². The van der Waals surface area contributed by atoms with Crippen LogP contribution in [-0.4, -0.2) is 18.6 Å². The first kappa shape index (κ1) is 21.1. The van der Waals surface area contributed by atoms with Gasteiger partial charge in [0.1, 0.15) is 22.0 Å². The number of hydrogen-bond donors (Lipinski definition) is 3. The summed E-state index contributed by atoms with van der Waals surface area (Å²) in [7, 11) is -4.03. The van der Waals surface area contributed by atoms with Crippen LogP contribution in [0.25, 0.3) is 11.0 Å². The van der Waals surface area contributed by atoms with Crippen molar-refractivity contribution >= 4 is 26.7 Å². The maximum atomic E-state index is 12.9. The van der Waals surface area contributed by atoms with Gasteiger partial charge in [0.25, 0.3) is 10.0 Å². The summed E-state index contributed by atoms with van der Waals surface area (Å²) < 4.78 is 33.6. The van der Waals surface area contributed by atoms with E-state index in [0.29, 0.717) is 16.5 Å². The van der Waals surface area contributed by atoms with Crippen LogP contribution in [0.1, 0.15) is 29.9 Å². The molecule has 7 nitrogen and oxygen atoms in total. The van der Waals surface area contributed by atoms with Gasteiger partial charge in [0.05, 0.1) is 10.9 Å². The van der Waals surface area contributed by atoms with Gasteiger partial charge < -0.3 is 14.6 Å². The van der Waals surface area contributed by atoms with Gasteiger partial charge >= 0.3 is 5.63 Å². The van der Waals surface area contributed by atoms with Crippen LogP contribution in [0, 0.1) is 5.92 Å². The zero-order chi connectivity index (χ0) is 23.2. The number of aromatic hydroxyl groups is 2. The number of hydrogen-bond acceptors (Lipinski definition) is 6. The van der Waals surface area contributed by atoms with Crippen LogP contribution in [0.2, 0.25) is 0 Å². The molecular weight excluding hydrogens is 442 g/mol. The Morgan fingerprint density at radius 1 is 0.939 bits per heavy atom. The number of sulfonamides is 1. The lowest BCUT2D eigenvalue weighted by molar-refractivity contribution is 0.446. The largest absolute Gasteiger partial charge is 0.507 e. The second kappa shape index (κ2) is 7.97. The molecule has 3 aromatic carbocycles. The van der Waals surface area contributed by atoms with Crippen LogP contribution >= 0.6 is 0 Å². The van der Waals surface area contributed by atoms with Crippen molar-refractivity contribution in [3.8, 4) is 11.5 Å². The number of rotatable bonds is 6. The van der Waals surface area contributed by atoms with Crippen molar-refractivity contribution in [1.29, 1.82) is 0 Å². The molecule has 1 fully saturated rings. The van der Waals surface area contributed by atoms with E-state index >= 15 is 0 Å². The maximum Gasteiger partial charge on any atom is 0.343 e. The zero-order valence-corrected chi connectivity index (χ0v) is 18.2. The van der Waals surface area contributed by atoms with Gasteiger partial charge in [-0.15, -0.1) is 0 Å². The number of fused-ring (bicyclic) bond motifs is 1. The molecule has 1 saturated carbocycles. The van der Waals surface area contributed by atoms with Crippen molar-refractivity contribution in [2.45, 2.75) is 23.7 Å². The van der Waals surface area contributed by atoms with Crippen molar-refractivity contribution < 1.29 is 23.0 Å². The van der Waals surface area contributed by atoms with E-state index < -0.39 is 21.6 Å². The van der Waals surface area contributed by atoms with E-state index in [1.54, 1.807) is 48.5 Å². The van der Waals surface area contributed by atoms with E-state index in [1.807, 2.05) is 0 Å². The van der Waals surface area contributed by atoms with Gasteiger partial charge in [-0.25, -0.2) is 13.2 Å². The van der Waals surface area contributed by atoms with Crippen molar-refractivity contribution in [3.63, 3.8) is 0 Å². The first-order valence-corrected chi connectivity index (χ1v) is 12.0. The van der Waals surface area contributed by atoms with Crippen LogP contribution in [0.15, 0.2) is 86.9 Å². The molecule has 0 amide bonds. The summed E-state index contributed by atoms with van der Waals surface area (Å²) in [5.41, 5.74) is 0.849. The van der Waals surface area contributed by atoms with E-state index in [2.05, 4.69) is 4.72 Å². The molecule has 33 heavy (non-hydrogen) atoms. The van der Waals surface area contributed by atoms with Gasteiger partial charge in [-0.05, 0) is 60.7 Å². The molecule has 4 aromatic rings. The maximum absolute atomic E-state index is 12.9. The second-order valence-electron chi connectivity index (χ2n) is 8.16. The molecule has 0 aliphatic heterocycles. The summed E-state index contributed by atoms with van der Waals surface area (Å²) in [6, 6.07) is 19.2. The van der Waals surface area contributed by atoms with Gasteiger partial charge in [-0.2, -0.15) is 0 Å². The molecule has 168 valence electrons. The Balaban J connectivity index is 1.57. The molecule has 8 heteroatoms. The summed E-state index contributed by atoms with van der Waals surface area (Å²) in [6.45, 7) is 0. The van der Waals surface area contributed by atoms with Gasteiger partial charge in [0, 0.05) is 11.6 Å². The highest BCUT2D eigenvalue weighted by atomic mass is 32.2. The predicted octanol–water partition coefficient (Wildman–Crippen LogP) is 4.55. The number of nitrogens with one attached hydrogen (secondary N) is 1. The highest BCUT2D eigenvalue weighted by Crippen LogP contribution is 2.49. The van der Waals surface area contributed by atoms with E-state index in [4.69, 9.17) is 4.42 Å². The minimum atomic E-state index is -4.03. The minimum Gasteiger partial charge on any atom is -0.507 e. The molecule has 1 aliphatic carbocycles. The quantitative estimate of drug-likeness (QED) is 0.361. The van der Waals surface area contributed by atoms with E-state index in [0.717, 1.165) is 12.8 Å². The van der Waals surface area contributed by atoms with E-state index in [-0.39, 0.29) is 33.6 Å². The van der Waals surface area contributed by atoms with Gasteiger partial charge in [-0.3, -0.25) is 4.72 Å². The molecule has 0 radical (unpaired) electrons. The number of anilines is 1. The molecule has 3 N–H and O–H groups in total. The van der Waals surface area contributed by atoms with Gasteiger partial charge in [-0.1, -0.05) is 36.4 Å². The first-order chi connectivity index (χ1) is 15.8. The molecule has 0 bridgehead atoms. The van der Waals surface area contributed by atoms with Crippen LogP contribution in [0.4, 0.5) is 5.69 Å². The highest BCUT2D eigenvalue weighted by molar-refractivity contribution is 7.92. The number of benzene rings is 3. The topological polar surface area (TPSA) is 117 Å². The van der Waals surface area contributed by atoms with Crippen molar-refractivity contribution in [3.05, 3.63) is 94.3 Å². The summed E-state index contributed by atoms with van der Waals surface area (Å²) >= 11 is 0. The standard InChI is InChI=1S/C25H21NO6S/c27-19-9-2-4-11-21(19)33(30,31)26-17-7-5-6-16(14-17)22(15-12-13-15)23-24(28)18-8-1-3-10-20(18)32-25(23)29/h1-11,14-15,22,26-28H,12-13H2. The van der Waals surface area contributed by atoms with Crippen molar-refractivity contribution in [2.75, 3.05) is 4.72 Å². The Morgan fingerprint density at radius 3 is 2.42 bits per heavy atom. The van der Waals surface area contributed by atoms with Crippen LogP contribution in [0.3, 0.4) is 0 Å². The fourth-order valence-electron chi connectivity index (χ4n) is 4.22. The van der Waals surface area contributed by atoms with Gasteiger partial charge in [0.15, 0.2) is 0 Å². The average Bonchev–Trinajstić information content (AvgIpc) is 3.62. The lowest BCUT2D eigenvalue weighted by Crippen LogP contribution is -2.17. The second-order valence-corrected chi connectivity index (χ2v) is 9.81. The summed E-state index contributed by atoms with van der Waals surface area (Å²) in [5.74, 6) is -0.778.